The molecule has 0 spiro atoms. The molecule has 0 atom stereocenters. The van der Waals surface area contributed by atoms with Crippen molar-refractivity contribution < 1.29 is 4.79 Å². The Labute approximate surface area is 172 Å². The first kappa shape index (κ1) is 17.5. The monoisotopic (exact) mass is 407 g/mol. The number of fused-ring (bicyclic) bond motifs is 2. The van der Waals surface area contributed by atoms with E-state index in [9.17, 15) is 4.79 Å². The van der Waals surface area contributed by atoms with E-state index in [0.29, 0.717) is 17.9 Å². The van der Waals surface area contributed by atoms with Crippen molar-refractivity contribution in [2.45, 2.75) is 19.3 Å². The van der Waals surface area contributed by atoms with Crippen LogP contribution in [-0.4, -0.2) is 21.8 Å². The van der Waals surface area contributed by atoms with Gasteiger partial charge in [0.1, 0.15) is 0 Å². The van der Waals surface area contributed by atoms with Crippen molar-refractivity contribution in [3.05, 3.63) is 76.4 Å². The normalized spacial score (nSPS) is 13.2. The lowest BCUT2D eigenvalue weighted by Crippen LogP contribution is -2.29. The van der Waals surface area contributed by atoms with Gasteiger partial charge in [-0.15, -0.1) is 11.3 Å². The number of anilines is 1. The van der Waals surface area contributed by atoms with Crippen molar-refractivity contribution in [3.8, 4) is 11.3 Å². The number of carbonyl (C=O) groups excluding carboxylic acids is 1. The highest BCUT2D eigenvalue weighted by Gasteiger charge is 2.24. The van der Waals surface area contributed by atoms with E-state index in [1.165, 1.54) is 5.56 Å². The van der Waals surface area contributed by atoms with Crippen LogP contribution in [0, 0.1) is 0 Å². The third kappa shape index (κ3) is 3.11. The number of amides is 1. The molecule has 2 aromatic heterocycles. The smallest absolute Gasteiger partial charge is 0.227 e. The maximum atomic E-state index is 12.8. The fourth-order valence-electron chi connectivity index (χ4n) is 3.74. The van der Waals surface area contributed by atoms with Gasteiger partial charge in [0.2, 0.25) is 5.91 Å². The molecule has 0 bridgehead atoms. The first-order chi connectivity index (χ1) is 13.7. The van der Waals surface area contributed by atoms with Crippen LogP contribution in [0.5, 0.6) is 0 Å². The predicted octanol–water partition coefficient (Wildman–Crippen LogP) is 5.24. The van der Waals surface area contributed by atoms with E-state index in [2.05, 4.69) is 15.8 Å². The van der Waals surface area contributed by atoms with Crippen molar-refractivity contribution >= 4 is 39.5 Å². The first-order valence-electron chi connectivity index (χ1n) is 9.29. The van der Waals surface area contributed by atoms with Crippen LogP contribution in [0.4, 0.5) is 5.69 Å². The number of benzene rings is 2. The van der Waals surface area contributed by atoms with E-state index in [4.69, 9.17) is 16.6 Å². The summed E-state index contributed by atoms with van der Waals surface area (Å²) in [6.07, 6.45) is 4.18. The molecule has 1 amide bonds. The summed E-state index contributed by atoms with van der Waals surface area (Å²) in [6, 6.07) is 15.9. The predicted molar refractivity (Wildman–Crippen MR) is 114 cm³/mol. The molecule has 5 rings (SSSR count). The van der Waals surface area contributed by atoms with E-state index >= 15 is 0 Å². The molecule has 6 heteroatoms. The lowest BCUT2D eigenvalue weighted by atomic mass is 10.2. The van der Waals surface area contributed by atoms with E-state index in [0.717, 1.165) is 40.6 Å². The van der Waals surface area contributed by atoms with E-state index in [-0.39, 0.29) is 5.91 Å². The second-order valence-electron chi connectivity index (χ2n) is 6.94. The van der Waals surface area contributed by atoms with Crippen molar-refractivity contribution in [1.29, 1.82) is 0 Å². The van der Waals surface area contributed by atoms with Gasteiger partial charge in [0.15, 0.2) is 4.96 Å². The number of rotatable bonds is 4. The van der Waals surface area contributed by atoms with Crippen LogP contribution in [0.15, 0.2) is 60.1 Å². The van der Waals surface area contributed by atoms with Crippen molar-refractivity contribution in [2.24, 2.45) is 0 Å². The molecular formula is C22H18ClN3OS. The van der Waals surface area contributed by atoms with E-state index in [1.807, 2.05) is 53.6 Å². The molecular weight excluding hydrogens is 390 g/mol. The zero-order chi connectivity index (χ0) is 19.1. The SMILES string of the molecule is O=C(CCc1csc2nc(-c3ccc(Cl)cc3)cn12)N1CCc2ccccc21. The minimum atomic E-state index is 0.183. The summed E-state index contributed by atoms with van der Waals surface area (Å²) >= 11 is 7.58. The second-order valence-corrected chi connectivity index (χ2v) is 8.21. The number of para-hydroxylation sites is 1. The molecule has 0 saturated heterocycles. The third-order valence-corrected chi connectivity index (χ3v) is 6.35. The molecule has 28 heavy (non-hydrogen) atoms. The first-order valence-corrected chi connectivity index (χ1v) is 10.5. The Kier molecular flexibility index (Phi) is 4.41. The van der Waals surface area contributed by atoms with Crippen LogP contribution >= 0.6 is 22.9 Å². The summed E-state index contributed by atoms with van der Waals surface area (Å²) in [7, 11) is 0. The standard InChI is InChI=1S/C22H18ClN3OS/c23-17-7-5-15(6-8-17)19-13-26-18(14-28-22(26)24-19)9-10-21(27)25-12-11-16-3-1-2-4-20(16)25/h1-8,13-14H,9-12H2. The van der Waals surface area contributed by atoms with Gasteiger partial charge in [0.25, 0.3) is 0 Å². The van der Waals surface area contributed by atoms with E-state index in [1.54, 1.807) is 11.3 Å². The zero-order valence-electron chi connectivity index (χ0n) is 15.1. The topological polar surface area (TPSA) is 37.6 Å². The van der Waals surface area contributed by atoms with Gasteiger partial charge in [-0.3, -0.25) is 9.20 Å². The number of hydrogen-bond acceptors (Lipinski definition) is 3. The van der Waals surface area contributed by atoms with Crippen molar-refractivity contribution in [3.63, 3.8) is 0 Å². The van der Waals surface area contributed by atoms with Crippen LogP contribution in [0.1, 0.15) is 17.7 Å². The molecule has 0 fully saturated rings. The number of hydrogen-bond donors (Lipinski definition) is 0. The van der Waals surface area contributed by atoms with Gasteiger partial charge >= 0.3 is 0 Å². The molecule has 4 aromatic rings. The molecule has 0 radical (unpaired) electrons. The Morgan fingerprint density at radius 3 is 2.82 bits per heavy atom. The van der Waals surface area contributed by atoms with Gasteiger partial charge < -0.3 is 4.90 Å². The summed E-state index contributed by atoms with van der Waals surface area (Å²) in [4.78, 5) is 20.4. The molecule has 140 valence electrons. The summed E-state index contributed by atoms with van der Waals surface area (Å²) in [5, 5.41) is 2.81. The van der Waals surface area contributed by atoms with Gasteiger partial charge in [-0.1, -0.05) is 41.9 Å². The highest BCUT2D eigenvalue weighted by Crippen LogP contribution is 2.29. The number of thiazole rings is 1. The molecule has 0 unspecified atom stereocenters. The average Bonchev–Trinajstić information content (AvgIpc) is 3.41. The third-order valence-electron chi connectivity index (χ3n) is 5.21. The summed E-state index contributed by atoms with van der Waals surface area (Å²) < 4.78 is 2.10. The van der Waals surface area contributed by atoms with Gasteiger partial charge in [-0.25, -0.2) is 4.98 Å². The van der Waals surface area contributed by atoms with Crippen LogP contribution in [0.25, 0.3) is 16.2 Å². The Balaban J connectivity index is 1.33. The molecule has 4 nitrogen and oxygen atoms in total. The number of aromatic nitrogens is 2. The largest absolute Gasteiger partial charge is 0.312 e. The summed E-state index contributed by atoms with van der Waals surface area (Å²) in [6.45, 7) is 0.781. The zero-order valence-corrected chi connectivity index (χ0v) is 16.7. The Morgan fingerprint density at radius 1 is 1.14 bits per heavy atom. The lowest BCUT2D eigenvalue weighted by Gasteiger charge is -2.17. The average molecular weight is 408 g/mol. The molecule has 0 N–H and O–H groups in total. The maximum Gasteiger partial charge on any atom is 0.227 e. The lowest BCUT2D eigenvalue weighted by molar-refractivity contribution is -0.118. The van der Waals surface area contributed by atoms with Gasteiger partial charge in [0.05, 0.1) is 5.69 Å². The Morgan fingerprint density at radius 2 is 1.96 bits per heavy atom. The molecule has 3 heterocycles. The molecule has 1 aliphatic heterocycles. The number of imidazole rings is 1. The fraction of sp³-hybridized carbons (Fsp3) is 0.182. The maximum absolute atomic E-state index is 12.8. The van der Waals surface area contributed by atoms with Gasteiger partial charge in [-0.2, -0.15) is 0 Å². The number of halogens is 1. The van der Waals surface area contributed by atoms with Gasteiger partial charge in [-0.05, 0) is 36.6 Å². The van der Waals surface area contributed by atoms with Crippen molar-refractivity contribution in [2.75, 3.05) is 11.4 Å². The van der Waals surface area contributed by atoms with Crippen molar-refractivity contribution in [1.82, 2.24) is 9.38 Å². The molecule has 0 saturated carbocycles. The highest BCUT2D eigenvalue weighted by molar-refractivity contribution is 7.15. The fourth-order valence-corrected chi connectivity index (χ4v) is 4.77. The van der Waals surface area contributed by atoms with Crippen LogP contribution in [-0.2, 0) is 17.6 Å². The Bertz CT molecular complexity index is 1160. The minimum Gasteiger partial charge on any atom is -0.312 e. The summed E-state index contributed by atoms with van der Waals surface area (Å²) in [5.74, 6) is 0.183. The molecule has 1 aliphatic rings. The van der Waals surface area contributed by atoms with Crippen LogP contribution in [0.3, 0.4) is 0 Å². The van der Waals surface area contributed by atoms with Crippen LogP contribution < -0.4 is 4.90 Å². The second kappa shape index (κ2) is 7.08. The Hall–Kier alpha value is -2.63. The van der Waals surface area contributed by atoms with Crippen LogP contribution in [0.2, 0.25) is 5.02 Å². The minimum absolute atomic E-state index is 0.183. The molecule has 2 aromatic carbocycles. The quantitative estimate of drug-likeness (QED) is 0.464. The number of carbonyl (C=O) groups is 1. The highest BCUT2D eigenvalue weighted by atomic mass is 35.5. The van der Waals surface area contributed by atoms with E-state index < -0.39 is 0 Å². The summed E-state index contributed by atoms with van der Waals surface area (Å²) in [5.41, 5.74) is 5.40. The number of aryl methyl sites for hydroxylation is 1. The molecule has 0 aliphatic carbocycles. The number of nitrogens with zero attached hydrogens (tertiary/aromatic N) is 3. The van der Waals surface area contributed by atoms with Gasteiger partial charge in [0, 0.05) is 46.5 Å².